The normalized spacial score (nSPS) is 17.8. The van der Waals surface area contributed by atoms with Gasteiger partial charge in [-0.2, -0.15) is 0 Å². The molecule has 1 aliphatic heterocycles. The molecule has 0 spiro atoms. The maximum atomic E-state index is 12.5. The van der Waals surface area contributed by atoms with E-state index in [9.17, 15) is 4.79 Å². The van der Waals surface area contributed by atoms with E-state index in [-0.39, 0.29) is 12.1 Å². The second-order valence-corrected chi connectivity index (χ2v) is 8.73. The summed E-state index contributed by atoms with van der Waals surface area (Å²) in [6.07, 6.45) is 11.1. The quantitative estimate of drug-likeness (QED) is 0.453. The van der Waals surface area contributed by atoms with Gasteiger partial charge in [0.2, 0.25) is 0 Å². The molecule has 0 atom stereocenters. The highest BCUT2D eigenvalue weighted by Crippen LogP contribution is 2.33. The number of nitrogens with two attached hydrogens (primary N) is 1. The van der Waals surface area contributed by atoms with Crippen LogP contribution < -0.4 is 21.3 Å². The van der Waals surface area contributed by atoms with E-state index in [1.807, 2.05) is 12.1 Å². The minimum atomic E-state index is -0.168. The van der Waals surface area contributed by atoms with Crippen molar-refractivity contribution in [3.63, 3.8) is 0 Å². The molecular formula is C24H33N7O2. The van der Waals surface area contributed by atoms with Gasteiger partial charge in [-0.05, 0) is 49.3 Å². The first-order valence-electron chi connectivity index (χ1n) is 11.7. The molecule has 9 heteroatoms. The molecule has 0 radical (unpaired) electrons. The number of benzene rings is 1. The van der Waals surface area contributed by atoms with Crippen LogP contribution in [0.15, 0.2) is 35.7 Å². The topological polar surface area (TPSA) is 118 Å². The monoisotopic (exact) mass is 451 g/mol. The summed E-state index contributed by atoms with van der Waals surface area (Å²) in [5.41, 5.74) is 8.84. The number of urea groups is 1. The standard InChI is InChI=1S/C24H33N7O2/c1-33-28-15-21-22(25)26-16-27-23(21)31-13-11-20(12-14-31)30-24(32)29-19-9-7-18(8-10-19)17-5-3-2-4-6-17/h7-10,15-17,20H,2-6,11-14H2,1H3,(H2,25,26,27)(H2,29,30,32). The molecule has 0 bridgehead atoms. The minimum Gasteiger partial charge on any atom is -0.399 e. The molecule has 1 aromatic carbocycles. The summed E-state index contributed by atoms with van der Waals surface area (Å²) in [5.74, 6) is 1.75. The number of hydrogen-bond donors (Lipinski definition) is 3. The molecule has 0 unspecified atom stereocenters. The smallest absolute Gasteiger partial charge is 0.319 e. The van der Waals surface area contributed by atoms with Crippen LogP contribution in [-0.4, -0.2) is 48.5 Å². The number of oxime groups is 1. The van der Waals surface area contributed by atoms with Crippen LogP contribution in [-0.2, 0) is 4.84 Å². The summed E-state index contributed by atoms with van der Waals surface area (Å²) >= 11 is 0. The van der Waals surface area contributed by atoms with Crippen LogP contribution in [0.3, 0.4) is 0 Å². The minimum absolute atomic E-state index is 0.0954. The number of anilines is 3. The van der Waals surface area contributed by atoms with Gasteiger partial charge in [-0.3, -0.25) is 0 Å². The van der Waals surface area contributed by atoms with Crippen LogP contribution in [0.5, 0.6) is 0 Å². The molecule has 1 aliphatic carbocycles. The van der Waals surface area contributed by atoms with Gasteiger partial charge in [-0.1, -0.05) is 36.6 Å². The number of amides is 2. The van der Waals surface area contributed by atoms with Crippen molar-refractivity contribution in [2.75, 3.05) is 36.1 Å². The summed E-state index contributed by atoms with van der Waals surface area (Å²) in [6, 6.07) is 8.25. The Hall–Kier alpha value is -3.36. The van der Waals surface area contributed by atoms with Crippen LogP contribution in [0.1, 0.15) is 62.0 Å². The number of carbonyl (C=O) groups is 1. The maximum Gasteiger partial charge on any atom is 0.319 e. The summed E-state index contributed by atoms with van der Waals surface area (Å²) < 4.78 is 0. The van der Waals surface area contributed by atoms with Crippen molar-refractivity contribution in [2.24, 2.45) is 5.16 Å². The van der Waals surface area contributed by atoms with E-state index < -0.39 is 0 Å². The van der Waals surface area contributed by atoms with Crippen molar-refractivity contribution in [1.82, 2.24) is 15.3 Å². The lowest BCUT2D eigenvalue weighted by molar-refractivity contribution is 0.215. The Morgan fingerprint density at radius 2 is 1.85 bits per heavy atom. The lowest BCUT2D eigenvalue weighted by Crippen LogP contribution is -2.46. The number of aromatic nitrogens is 2. The molecule has 4 rings (SSSR count). The number of hydrogen-bond acceptors (Lipinski definition) is 7. The zero-order valence-electron chi connectivity index (χ0n) is 19.2. The van der Waals surface area contributed by atoms with Crippen LogP contribution in [0.2, 0.25) is 0 Å². The van der Waals surface area contributed by atoms with Gasteiger partial charge in [0.15, 0.2) is 0 Å². The fourth-order valence-electron chi connectivity index (χ4n) is 4.74. The highest BCUT2D eigenvalue weighted by atomic mass is 16.6. The van der Waals surface area contributed by atoms with Gasteiger partial charge < -0.3 is 26.1 Å². The predicted octanol–water partition coefficient (Wildman–Crippen LogP) is 3.88. The third kappa shape index (κ3) is 5.91. The summed E-state index contributed by atoms with van der Waals surface area (Å²) in [7, 11) is 1.48. The lowest BCUT2D eigenvalue weighted by atomic mass is 9.84. The van der Waals surface area contributed by atoms with Gasteiger partial charge in [0.05, 0.1) is 11.8 Å². The zero-order valence-corrected chi connectivity index (χ0v) is 19.2. The Morgan fingerprint density at radius 3 is 2.55 bits per heavy atom. The van der Waals surface area contributed by atoms with Crippen LogP contribution in [0, 0.1) is 0 Å². The van der Waals surface area contributed by atoms with Crippen molar-refractivity contribution in [2.45, 2.75) is 56.9 Å². The molecular weight excluding hydrogens is 418 g/mol. The average molecular weight is 452 g/mol. The Labute approximate surface area is 194 Å². The van der Waals surface area contributed by atoms with E-state index in [1.165, 1.54) is 57.3 Å². The Bertz CT molecular complexity index is 950. The van der Waals surface area contributed by atoms with Gasteiger partial charge >= 0.3 is 6.03 Å². The summed E-state index contributed by atoms with van der Waals surface area (Å²) in [4.78, 5) is 27.9. The van der Waals surface area contributed by atoms with E-state index in [0.29, 0.717) is 17.3 Å². The van der Waals surface area contributed by atoms with E-state index in [1.54, 1.807) is 0 Å². The third-order valence-corrected chi connectivity index (χ3v) is 6.56. The van der Waals surface area contributed by atoms with Crippen molar-refractivity contribution < 1.29 is 9.63 Å². The number of piperidine rings is 1. The molecule has 176 valence electrons. The van der Waals surface area contributed by atoms with Crippen molar-refractivity contribution in [1.29, 1.82) is 0 Å². The van der Waals surface area contributed by atoms with E-state index >= 15 is 0 Å². The SMILES string of the molecule is CON=Cc1c(N)ncnc1N1CCC(NC(=O)Nc2ccc(C3CCCCC3)cc2)CC1. The predicted molar refractivity (Wildman–Crippen MR) is 131 cm³/mol. The Morgan fingerprint density at radius 1 is 1.12 bits per heavy atom. The molecule has 2 amide bonds. The second kappa shape index (κ2) is 11.0. The molecule has 2 aliphatic rings. The second-order valence-electron chi connectivity index (χ2n) is 8.73. The number of nitrogens with one attached hydrogen (secondary N) is 2. The molecule has 2 fully saturated rings. The molecule has 1 saturated heterocycles. The maximum absolute atomic E-state index is 12.5. The number of carbonyl (C=O) groups excluding carboxylic acids is 1. The van der Waals surface area contributed by atoms with Crippen LogP contribution in [0.4, 0.5) is 22.1 Å². The first-order chi connectivity index (χ1) is 16.1. The molecule has 9 nitrogen and oxygen atoms in total. The zero-order chi connectivity index (χ0) is 23.0. The van der Waals surface area contributed by atoms with Crippen molar-refractivity contribution in [3.8, 4) is 0 Å². The Balaban J connectivity index is 1.27. The van der Waals surface area contributed by atoms with E-state index in [2.05, 4.69) is 42.8 Å². The molecule has 4 N–H and O–H groups in total. The molecule has 1 saturated carbocycles. The number of rotatable bonds is 6. The van der Waals surface area contributed by atoms with Crippen molar-refractivity contribution in [3.05, 3.63) is 41.7 Å². The van der Waals surface area contributed by atoms with Gasteiger partial charge in [-0.25, -0.2) is 14.8 Å². The third-order valence-electron chi connectivity index (χ3n) is 6.56. The first kappa shape index (κ1) is 22.8. The van der Waals surface area contributed by atoms with Gasteiger partial charge in [-0.15, -0.1) is 0 Å². The lowest BCUT2D eigenvalue weighted by Gasteiger charge is -2.33. The fraction of sp³-hybridized carbons (Fsp3) is 0.500. The molecule has 33 heavy (non-hydrogen) atoms. The van der Waals surface area contributed by atoms with Crippen LogP contribution in [0.25, 0.3) is 0 Å². The van der Waals surface area contributed by atoms with Gasteiger partial charge in [0, 0.05) is 24.8 Å². The molecule has 2 aromatic rings. The first-order valence-corrected chi connectivity index (χ1v) is 11.7. The van der Waals surface area contributed by atoms with Crippen LogP contribution >= 0.6 is 0 Å². The van der Waals surface area contributed by atoms with Crippen molar-refractivity contribution >= 4 is 29.6 Å². The highest BCUT2D eigenvalue weighted by molar-refractivity contribution is 5.92. The highest BCUT2D eigenvalue weighted by Gasteiger charge is 2.24. The van der Waals surface area contributed by atoms with Gasteiger partial charge in [0.1, 0.15) is 25.1 Å². The number of nitrogens with zero attached hydrogens (tertiary/aromatic N) is 4. The molecule has 1 aromatic heterocycles. The van der Waals surface area contributed by atoms with E-state index in [4.69, 9.17) is 10.6 Å². The summed E-state index contributed by atoms with van der Waals surface area (Å²) in [5, 5.41) is 9.87. The van der Waals surface area contributed by atoms with Gasteiger partial charge in [0.25, 0.3) is 0 Å². The average Bonchev–Trinajstić information content (AvgIpc) is 2.85. The Kier molecular flexibility index (Phi) is 7.59. The largest absolute Gasteiger partial charge is 0.399 e. The molecule has 2 heterocycles. The fourth-order valence-corrected chi connectivity index (χ4v) is 4.74. The van der Waals surface area contributed by atoms with E-state index in [0.717, 1.165) is 37.4 Å². The summed E-state index contributed by atoms with van der Waals surface area (Å²) in [6.45, 7) is 1.48. The number of nitrogen functional groups attached to an aromatic ring is 1.